The lowest BCUT2D eigenvalue weighted by atomic mass is 10.2. The van der Waals surface area contributed by atoms with Crippen LogP contribution >= 0.6 is 28.3 Å². The van der Waals surface area contributed by atoms with Gasteiger partial charge in [0.25, 0.3) is 0 Å². The zero-order chi connectivity index (χ0) is 11.4. The second kappa shape index (κ2) is 6.96. The van der Waals surface area contributed by atoms with Crippen LogP contribution in [0.1, 0.15) is 0 Å². The number of halogens is 2. The lowest BCUT2D eigenvalue weighted by molar-refractivity contribution is -0.123. The molecule has 0 bridgehead atoms. The van der Waals surface area contributed by atoms with Gasteiger partial charge in [-0.15, -0.1) is 12.4 Å². The molecule has 0 spiro atoms. The van der Waals surface area contributed by atoms with Gasteiger partial charge < -0.3 is 15.4 Å². The summed E-state index contributed by atoms with van der Waals surface area (Å²) in [6.07, 6.45) is 0.190. The zero-order valence-corrected chi connectivity index (χ0v) is 11.5. The topological polar surface area (TPSA) is 50.4 Å². The van der Waals surface area contributed by atoms with Crippen LogP contribution in [0.25, 0.3) is 0 Å². The molecule has 0 aromatic heterocycles. The molecule has 1 aromatic carbocycles. The van der Waals surface area contributed by atoms with Gasteiger partial charge in [0, 0.05) is 23.2 Å². The van der Waals surface area contributed by atoms with Gasteiger partial charge in [-0.3, -0.25) is 4.79 Å². The molecule has 0 aliphatic carbocycles. The Hall–Kier alpha value is -0.620. The molecule has 0 saturated carbocycles. The molecule has 2 rings (SSSR count). The van der Waals surface area contributed by atoms with Crippen molar-refractivity contribution in [1.29, 1.82) is 0 Å². The van der Waals surface area contributed by atoms with Crippen molar-refractivity contribution in [3.63, 3.8) is 0 Å². The van der Waals surface area contributed by atoms with Gasteiger partial charge in [0.05, 0.1) is 6.10 Å². The average Bonchev–Trinajstić information content (AvgIpc) is 2.19. The van der Waals surface area contributed by atoms with Crippen LogP contribution < -0.4 is 10.6 Å². The first-order valence-electron chi connectivity index (χ1n) is 5.12. The van der Waals surface area contributed by atoms with Crippen LogP contribution in [0.15, 0.2) is 28.7 Å². The fraction of sp³-hybridized carbons (Fsp3) is 0.364. The van der Waals surface area contributed by atoms with E-state index in [1.54, 1.807) is 0 Å². The first kappa shape index (κ1) is 14.4. The Kier molecular flexibility index (Phi) is 5.91. The van der Waals surface area contributed by atoms with Crippen molar-refractivity contribution in [2.45, 2.75) is 6.10 Å². The number of rotatable bonds is 4. The van der Waals surface area contributed by atoms with E-state index >= 15 is 0 Å². The molecule has 1 aliphatic rings. The van der Waals surface area contributed by atoms with Crippen LogP contribution in [0.5, 0.6) is 0 Å². The third kappa shape index (κ3) is 4.63. The van der Waals surface area contributed by atoms with Gasteiger partial charge in [-0.05, 0) is 24.3 Å². The molecule has 2 N–H and O–H groups in total. The molecule has 94 valence electrons. The highest BCUT2D eigenvalue weighted by Crippen LogP contribution is 2.13. The molecule has 0 radical (unpaired) electrons. The molecule has 1 saturated heterocycles. The molecule has 4 nitrogen and oxygen atoms in total. The number of nitrogens with one attached hydrogen (secondary N) is 2. The summed E-state index contributed by atoms with van der Waals surface area (Å²) in [4.78, 5) is 11.5. The van der Waals surface area contributed by atoms with Crippen molar-refractivity contribution in [2.75, 3.05) is 25.0 Å². The Bertz CT molecular complexity index is 368. The van der Waals surface area contributed by atoms with Crippen LogP contribution in [-0.2, 0) is 9.53 Å². The number of ether oxygens (including phenoxy) is 1. The van der Waals surface area contributed by atoms with E-state index < -0.39 is 0 Å². The van der Waals surface area contributed by atoms with Gasteiger partial charge in [0.15, 0.2) is 0 Å². The Morgan fingerprint density at radius 3 is 2.59 bits per heavy atom. The fourth-order valence-corrected chi connectivity index (χ4v) is 1.57. The van der Waals surface area contributed by atoms with E-state index in [1.165, 1.54) is 0 Å². The summed E-state index contributed by atoms with van der Waals surface area (Å²) >= 11 is 3.33. The maximum absolute atomic E-state index is 11.5. The second-order valence-electron chi connectivity index (χ2n) is 3.65. The number of hydrogen-bond acceptors (Lipinski definition) is 3. The third-order valence-electron chi connectivity index (χ3n) is 2.32. The van der Waals surface area contributed by atoms with Crippen molar-refractivity contribution in [3.05, 3.63) is 28.7 Å². The van der Waals surface area contributed by atoms with Crippen molar-refractivity contribution in [1.82, 2.24) is 5.32 Å². The van der Waals surface area contributed by atoms with Crippen LogP contribution in [0.4, 0.5) is 5.69 Å². The smallest absolute Gasteiger partial charge is 0.250 e. The minimum atomic E-state index is -0.116. The number of hydrogen-bond donors (Lipinski definition) is 2. The molecule has 1 fully saturated rings. The highest BCUT2D eigenvalue weighted by Gasteiger charge is 2.18. The molecule has 6 heteroatoms. The lowest BCUT2D eigenvalue weighted by Gasteiger charge is -2.26. The minimum absolute atomic E-state index is 0. The van der Waals surface area contributed by atoms with Gasteiger partial charge in [-0.25, -0.2) is 0 Å². The van der Waals surface area contributed by atoms with E-state index in [1.807, 2.05) is 24.3 Å². The predicted molar refractivity (Wildman–Crippen MR) is 72.6 cm³/mol. The van der Waals surface area contributed by atoms with E-state index in [9.17, 15) is 4.79 Å². The Morgan fingerprint density at radius 2 is 2.06 bits per heavy atom. The minimum Gasteiger partial charge on any atom is -0.366 e. The largest absolute Gasteiger partial charge is 0.366 e. The van der Waals surface area contributed by atoms with E-state index in [-0.39, 0.29) is 31.0 Å². The molecule has 0 atom stereocenters. The van der Waals surface area contributed by atoms with E-state index in [4.69, 9.17) is 4.74 Å². The Labute approximate surface area is 115 Å². The van der Waals surface area contributed by atoms with E-state index in [0.29, 0.717) is 0 Å². The van der Waals surface area contributed by atoms with Gasteiger partial charge in [0.1, 0.15) is 6.61 Å². The van der Waals surface area contributed by atoms with Crippen molar-refractivity contribution >= 4 is 39.9 Å². The van der Waals surface area contributed by atoms with Crippen molar-refractivity contribution in [2.24, 2.45) is 0 Å². The fourth-order valence-electron chi connectivity index (χ4n) is 1.30. The molecular weight excluding hydrogens is 307 g/mol. The Morgan fingerprint density at radius 1 is 1.41 bits per heavy atom. The molecule has 1 amide bonds. The van der Waals surface area contributed by atoms with Crippen LogP contribution in [0, 0.1) is 0 Å². The maximum atomic E-state index is 11.5. The quantitative estimate of drug-likeness (QED) is 0.889. The maximum Gasteiger partial charge on any atom is 0.250 e. The zero-order valence-electron chi connectivity index (χ0n) is 9.11. The standard InChI is InChI=1S/C11H13BrN2O2.ClH/c12-8-1-3-9(4-2-8)14-11(15)7-16-10-5-13-6-10;/h1-4,10,13H,5-7H2,(H,14,15);1H. The molecular formula is C11H14BrClN2O2. The molecule has 1 aromatic rings. The van der Waals surface area contributed by atoms with Gasteiger partial charge in [-0.2, -0.15) is 0 Å². The number of benzene rings is 1. The third-order valence-corrected chi connectivity index (χ3v) is 2.85. The van der Waals surface area contributed by atoms with Gasteiger partial charge in [-0.1, -0.05) is 15.9 Å². The van der Waals surface area contributed by atoms with E-state index in [0.717, 1.165) is 23.2 Å². The average molecular weight is 322 g/mol. The molecule has 1 heterocycles. The SMILES string of the molecule is Cl.O=C(COC1CNC1)Nc1ccc(Br)cc1. The van der Waals surface area contributed by atoms with E-state index in [2.05, 4.69) is 26.6 Å². The summed E-state index contributed by atoms with van der Waals surface area (Å²) in [5.41, 5.74) is 0.781. The first-order chi connectivity index (χ1) is 7.74. The van der Waals surface area contributed by atoms with Crippen molar-refractivity contribution in [3.8, 4) is 0 Å². The predicted octanol–water partition coefficient (Wildman–Crippen LogP) is 1.80. The highest BCUT2D eigenvalue weighted by atomic mass is 79.9. The molecule has 17 heavy (non-hydrogen) atoms. The van der Waals surface area contributed by atoms with Gasteiger partial charge >= 0.3 is 0 Å². The number of carbonyl (C=O) groups is 1. The lowest BCUT2D eigenvalue weighted by Crippen LogP contribution is -2.49. The summed E-state index contributed by atoms with van der Waals surface area (Å²) in [6, 6.07) is 7.44. The monoisotopic (exact) mass is 320 g/mol. The summed E-state index contributed by atoms with van der Waals surface area (Å²) in [6.45, 7) is 1.79. The summed E-state index contributed by atoms with van der Waals surface area (Å²) < 4.78 is 6.34. The number of anilines is 1. The Balaban J connectivity index is 0.00000144. The molecule has 1 aliphatic heterocycles. The normalized spacial score (nSPS) is 14.6. The second-order valence-corrected chi connectivity index (χ2v) is 4.56. The summed E-state index contributed by atoms with van der Waals surface area (Å²) in [5, 5.41) is 5.85. The van der Waals surface area contributed by atoms with Crippen LogP contribution in [-0.4, -0.2) is 31.7 Å². The van der Waals surface area contributed by atoms with Crippen LogP contribution in [0.2, 0.25) is 0 Å². The number of carbonyl (C=O) groups excluding carboxylic acids is 1. The van der Waals surface area contributed by atoms with Gasteiger partial charge in [0.2, 0.25) is 5.91 Å². The van der Waals surface area contributed by atoms with Crippen LogP contribution in [0.3, 0.4) is 0 Å². The molecule has 0 unspecified atom stereocenters. The van der Waals surface area contributed by atoms with Crippen molar-refractivity contribution < 1.29 is 9.53 Å². The number of amides is 1. The summed E-state index contributed by atoms with van der Waals surface area (Å²) in [7, 11) is 0. The first-order valence-corrected chi connectivity index (χ1v) is 5.91. The highest BCUT2D eigenvalue weighted by molar-refractivity contribution is 9.10. The summed E-state index contributed by atoms with van der Waals surface area (Å²) in [5.74, 6) is -0.116.